The molecule has 0 saturated heterocycles. The summed E-state index contributed by atoms with van der Waals surface area (Å²) in [4.78, 5) is 4.56. The Morgan fingerprint density at radius 2 is 2.09 bits per heavy atom. The van der Waals surface area contributed by atoms with Gasteiger partial charge in [-0.3, -0.25) is 4.99 Å². The van der Waals surface area contributed by atoms with Crippen molar-refractivity contribution in [3.8, 4) is 0 Å². The number of nitrogens with zero attached hydrogens (tertiary/aromatic N) is 1. The smallest absolute Gasteiger partial charge is 0.0701 e. The summed E-state index contributed by atoms with van der Waals surface area (Å²) in [6.07, 6.45) is 4.02. The fourth-order valence-electron chi connectivity index (χ4n) is 1.15. The van der Waals surface area contributed by atoms with Crippen molar-refractivity contribution < 1.29 is 0 Å². The molecule has 1 aliphatic heterocycles. The first-order valence-electron chi connectivity index (χ1n) is 4.48. The third-order valence-electron chi connectivity index (χ3n) is 1.81. The largest absolute Gasteiger partial charge is 0.283 e. The Bertz CT molecular complexity index is 140. The Morgan fingerprint density at radius 1 is 1.27 bits per heavy atom. The molecular formula is C9H17NS. The first-order valence-corrected chi connectivity index (χ1v) is 5.46. The van der Waals surface area contributed by atoms with Crippen LogP contribution in [0.2, 0.25) is 0 Å². The summed E-state index contributed by atoms with van der Waals surface area (Å²) in [6.45, 7) is 5.52. The van der Waals surface area contributed by atoms with Crippen LogP contribution in [-0.2, 0) is 0 Å². The van der Waals surface area contributed by atoms with E-state index in [4.69, 9.17) is 0 Å². The van der Waals surface area contributed by atoms with Gasteiger partial charge in [0.25, 0.3) is 0 Å². The summed E-state index contributed by atoms with van der Waals surface area (Å²) in [6, 6.07) is 0. The maximum Gasteiger partial charge on any atom is 0.0701 e. The Balaban J connectivity index is 2.45. The molecule has 1 heterocycles. The summed E-state index contributed by atoms with van der Waals surface area (Å²) in [7, 11) is 0. The number of rotatable bonds is 1. The fraction of sp³-hybridized carbons (Fsp3) is 0.889. The normalized spacial score (nSPS) is 25.5. The molecule has 64 valence electrons. The number of thioether (sulfide) groups is 1. The molecule has 0 N–H and O–H groups in total. The molecule has 0 atom stereocenters. The topological polar surface area (TPSA) is 12.4 Å². The molecule has 11 heavy (non-hydrogen) atoms. The van der Waals surface area contributed by atoms with Gasteiger partial charge in [-0.25, -0.2) is 0 Å². The molecule has 2 heteroatoms. The summed E-state index contributed by atoms with van der Waals surface area (Å²) < 4.78 is 0. The standard InChI is InChI=1S/C9H17NS/c1-8(2)9-10-6-4-3-5-7-11-9/h8H,3-7H2,1-2H3/b10-9-. The lowest BCUT2D eigenvalue weighted by Gasteiger charge is -2.12. The molecule has 0 aromatic carbocycles. The van der Waals surface area contributed by atoms with Crippen LogP contribution in [0.15, 0.2) is 4.99 Å². The third-order valence-corrected chi connectivity index (χ3v) is 3.20. The van der Waals surface area contributed by atoms with E-state index in [1.807, 2.05) is 11.8 Å². The highest BCUT2D eigenvalue weighted by atomic mass is 32.2. The average molecular weight is 171 g/mol. The van der Waals surface area contributed by atoms with Crippen LogP contribution in [0.3, 0.4) is 0 Å². The quantitative estimate of drug-likeness (QED) is 0.591. The van der Waals surface area contributed by atoms with Gasteiger partial charge < -0.3 is 0 Å². The SMILES string of the molecule is CC(C)/C1=N/CCCCCS1. The predicted molar refractivity (Wildman–Crippen MR) is 53.4 cm³/mol. The number of hydrogen-bond donors (Lipinski definition) is 0. The van der Waals surface area contributed by atoms with Gasteiger partial charge >= 0.3 is 0 Å². The van der Waals surface area contributed by atoms with Gasteiger partial charge in [-0.2, -0.15) is 0 Å². The first kappa shape index (κ1) is 9.11. The Kier molecular flexibility index (Phi) is 3.98. The first-order chi connectivity index (χ1) is 5.30. The summed E-state index contributed by atoms with van der Waals surface area (Å²) in [5, 5.41) is 1.37. The van der Waals surface area contributed by atoms with E-state index in [0.717, 1.165) is 6.54 Å². The lowest BCUT2D eigenvalue weighted by molar-refractivity contribution is 0.725. The van der Waals surface area contributed by atoms with Crippen molar-refractivity contribution in [3.05, 3.63) is 0 Å². The van der Waals surface area contributed by atoms with Gasteiger partial charge in [-0.15, -0.1) is 11.8 Å². The highest BCUT2D eigenvalue weighted by Crippen LogP contribution is 2.17. The molecule has 0 aromatic heterocycles. The second-order valence-corrected chi connectivity index (χ2v) is 4.40. The minimum absolute atomic E-state index is 0.637. The van der Waals surface area contributed by atoms with Crippen molar-refractivity contribution >= 4 is 16.8 Å². The molecule has 0 bridgehead atoms. The fourth-order valence-corrected chi connectivity index (χ4v) is 2.23. The van der Waals surface area contributed by atoms with Crippen molar-refractivity contribution in [3.63, 3.8) is 0 Å². The Labute approximate surface area is 73.7 Å². The van der Waals surface area contributed by atoms with Crippen molar-refractivity contribution in [2.45, 2.75) is 33.1 Å². The van der Waals surface area contributed by atoms with E-state index in [1.54, 1.807) is 0 Å². The monoisotopic (exact) mass is 171 g/mol. The van der Waals surface area contributed by atoms with Gasteiger partial charge in [0.2, 0.25) is 0 Å². The summed E-state index contributed by atoms with van der Waals surface area (Å²) in [5.74, 6) is 1.91. The summed E-state index contributed by atoms with van der Waals surface area (Å²) >= 11 is 1.96. The van der Waals surface area contributed by atoms with Crippen LogP contribution in [0, 0.1) is 5.92 Å². The van der Waals surface area contributed by atoms with Crippen LogP contribution in [0.5, 0.6) is 0 Å². The van der Waals surface area contributed by atoms with E-state index < -0.39 is 0 Å². The molecule has 0 aromatic rings. The van der Waals surface area contributed by atoms with E-state index in [1.165, 1.54) is 30.1 Å². The highest BCUT2D eigenvalue weighted by Gasteiger charge is 2.06. The third kappa shape index (κ3) is 3.28. The van der Waals surface area contributed by atoms with Crippen LogP contribution < -0.4 is 0 Å². The molecule has 0 aliphatic carbocycles. The van der Waals surface area contributed by atoms with E-state index >= 15 is 0 Å². The second-order valence-electron chi connectivity index (χ2n) is 3.28. The van der Waals surface area contributed by atoms with Crippen LogP contribution in [0.25, 0.3) is 0 Å². The maximum atomic E-state index is 4.56. The van der Waals surface area contributed by atoms with Gasteiger partial charge in [0.05, 0.1) is 5.04 Å². The molecule has 1 nitrogen and oxygen atoms in total. The van der Waals surface area contributed by atoms with Gasteiger partial charge in [0, 0.05) is 12.5 Å². The van der Waals surface area contributed by atoms with Crippen LogP contribution in [0.4, 0.5) is 0 Å². The highest BCUT2D eigenvalue weighted by molar-refractivity contribution is 8.13. The molecule has 0 fully saturated rings. The summed E-state index contributed by atoms with van der Waals surface area (Å²) in [5.41, 5.74) is 0. The Hall–Kier alpha value is 0.0200. The molecule has 0 radical (unpaired) electrons. The average Bonchev–Trinajstić information content (AvgIpc) is 1.84. The molecule has 0 saturated carbocycles. The van der Waals surface area contributed by atoms with Gasteiger partial charge in [0.1, 0.15) is 0 Å². The van der Waals surface area contributed by atoms with Crippen molar-refractivity contribution in [1.29, 1.82) is 0 Å². The van der Waals surface area contributed by atoms with E-state index in [9.17, 15) is 0 Å². The molecule has 0 unspecified atom stereocenters. The minimum Gasteiger partial charge on any atom is -0.283 e. The number of hydrogen-bond acceptors (Lipinski definition) is 2. The van der Waals surface area contributed by atoms with Crippen molar-refractivity contribution in [1.82, 2.24) is 0 Å². The molecule has 0 amide bonds. The lowest BCUT2D eigenvalue weighted by atomic mass is 10.2. The zero-order valence-electron chi connectivity index (χ0n) is 7.47. The molecular weight excluding hydrogens is 154 g/mol. The minimum atomic E-state index is 0.637. The second kappa shape index (κ2) is 4.81. The van der Waals surface area contributed by atoms with Gasteiger partial charge in [-0.1, -0.05) is 20.3 Å². The van der Waals surface area contributed by atoms with E-state index in [0.29, 0.717) is 5.92 Å². The molecule has 0 spiro atoms. The van der Waals surface area contributed by atoms with Crippen LogP contribution in [0.1, 0.15) is 33.1 Å². The maximum absolute atomic E-state index is 4.56. The van der Waals surface area contributed by atoms with Crippen molar-refractivity contribution in [2.24, 2.45) is 10.9 Å². The zero-order chi connectivity index (χ0) is 8.10. The van der Waals surface area contributed by atoms with E-state index in [-0.39, 0.29) is 0 Å². The van der Waals surface area contributed by atoms with Crippen LogP contribution in [-0.4, -0.2) is 17.3 Å². The Morgan fingerprint density at radius 3 is 2.82 bits per heavy atom. The van der Waals surface area contributed by atoms with Crippen LogP contribution >= 0.6 is 11.8 Å². The molecule has 1 aliphatic rings. The van der Waals surface area contributed by atoms with Gasteiger partial charge in [0.15, 0.2) is 0 Å². The number of aliphatic imine (C=N–C) groups is 1. The lowest BCUT2D eigenvalue weighted by Crippen LogP contribution is -2.07. The van der Waals surface area contributed by atoms with Gasteiger partial charge in [-0.05, 0) is 18.6 Å². The zero-order valence-corrected chi connectivity index (χ0v) is 8.28. The molecule has 1 rings (SSSR count). The van der Waals surface area contributed by atoms with Crippen molar-refractivity contribution in [2.75, 3.05) is 12.3 Å². The van der Waals surface area contributed by atoms with E-state index in [2.05, 4.69) is 18.8 Å². The predicted octanol–water partition coefficient (Wildman–Crippen LogP) is 2.96.